The lowest BCUT2D eigenvalue weighted by molar-refractivity contribution is 0.101. The van der Waals surface area contributed by atoms with Crippen molar-refractivity contribution in [1.82, 2.24) is 0 Å². The van der Waals surface area contributed by atoms with E-state index in [4.69, 9.17) is 0 Å². The zero-order valence-electron chi connectivity index (χ0n) is 13.6. The number of benzene rings is 1. The number of anilines is 1. The summed E-state index contributed by atoms with van der Waals surface area (Å²) in [7, 11) is 0. The second-order valence-corrected chi connectivity index (χ2v) is 6.46. The van der Waals surface area contributed by atoms with Crippen LogP contribution in [0.15, 0.2) is 24.3 Å². The molecule has 0 unspecified atom stereocenters. The van der Waals surface area contributed by atoms with E-state index in [9.17, 15) is 4.79 Å². The van der Waals surface area contributed by atoms with Gasteiger partial charge in [0.05, 0.1) is 0 Å². The van der Waals surface area contributed by atoms with Crippen molar-refractivity contribution in [1.29, 1.82) is 0 Å². The maximum Gasteiger partial charge on any atom is 0.159 e. The zero-order chi connectivity index (χ0) is 15.1. The molecule has 1 rings (SSSR count). The van der Waals surface area contributed by atoms with E-state index in [2.05, 4.69) is 44.7 Å². The van der Waals surface area contributed by atoms with Crippen LogP contribution in [0.3, 0.4) is 0 Å². The molecule has 0 fully saturated rings. The van der Waals surface area contributed by atoms with Crippen molar-refractivity contribution < 1.29 is 4.79 Å². The summed E-state index contributed by atoms with van der Waals surface area (Å²) < 4.78 is 0. The topological polar surface area (TPSA) is 20.3 Å². The van der Waals surface area contributed by atoms with Gasteiger partial charge in [0.1, 0.15) is 0 Å². The predicted molar refractivity (Wildman–Crippen MR) is 87.6 cm³/mol. The highest BCUT2D eigenvalue weighted by Gasteiger charge is 2.09. The van der Waals surface area contributed by atoms with Gasteiger partial charge in [-0.15, -0.1) is 0 Å². The Hall–Kier alpha value is -1.31. The van der Waals surface area contributed by atoms with Crippen LogP contribution in [-0.4, -0.2) is 18.9 Å². The summed E-state index contributed by atoms with van der Waals surface area (Å²) in [6, 6.07) is 8.04. The zero-order valence-corrected chi connectivity index (χ0v) is 13.6. The molecule has 2 nitrogen and oxygen atoms in total. The van der Waals surface area contributed by atoms with E-state index in [0.717, 1.165) is 18.7 Å². The molecule has 0 aromatic heterocycles. The minimum atomic E-state index is 0.132. The molecule has 1 aromatic rings. The van der Waals surface area contributed by atoms with E-state index in [1.807, 2.05) is 12.1 Å². The minimum Gasteiger partial charge on any atom is -0.372 e. The number of ketones is 1. The third-order valence-corrected chi connectivity index (χ3v) is 3.59. The number of carbonyl (C=O) groups is 1. The van der Waals surface area contributed by atoms with Gasteiger partial charge in [0, 0.05) is 24.3 Å². The van der Waals surface area contributed by atoms with Gasteiger partial charge in [0.2, 0.25) is 0 Å². The summed E-state index contributed by atoms with van der Waals surface area (Å²) in [5, 5.41) is 0. The van der Waals surface area contributed by atoms with Crippen molar-refractivity contribution in [3.63, 3.8) is 0 Å². The van der Waals surface area contributed by atoms with Gasteiger partial charge in [-0.05, 0) is 55.9 Å². The van der Waals surface area contributed by atoms with Gasteiger partial charge >= 0.3 is 0 Å². The molecule has 0 aliphatic rings. The van der Waals surface area contributed by atoms with Gasteiger partial charge in [0.15, 0.2) is 5.78 Å². The van der Waals surface area contributed by atoms with Gasteiger partial charge in [-0.3, -0.25) is 4.79 Å². The standard InChI is InChI=1S/C18H29NO/c1-14(2)10-12-19(13-11-15(3)4)18-8-6-17(7-9-18)16(5)20/h6-9,14-15H,10-13H2,1-5H3. The molecule has 0 atom stereocenters. The van der Waals surface area contributed by atoms with Crippen molar-refractivity contribution >= 4 is 11.5 Å². The SMILES string of the molecule is CC(=O)c1ccc(N(CCC(C)C)CCC(C)C)cc1. The third-order valence-electron chi connectivity index (χ3n) is 3.59. The Morgan fingerprint density at radius 3 is 1.75 bits per heavy atom. The normalized spacial score (nSPS) is 11.2. The lowest BCUT2D eigenvalue weighted by atomic mass is 10.1. The first-order valence-corrected chi connectivity index (χ1v) is 7.76. The van der Waals surface area contributed by atoms with Crippen molar-refractivity contribution in [2.24, 2.45) is 11.8 Å². The second-order valence-electron chi connectivity index (χ2n) is 6.46. The van der Waals surface area contributed by atoms with E-state index in [-0.39, 0.29) is 5.78 Å². The Bertz CT molecular complexity index is 394. The van der Waals surface area contributed by atoms with E-state index >= 15 is 0 Å². The largest absolute Gasteiger partial charge is 0.372 e. The first-order valence-electron chi connectivity index (χ1n) is 7.76. The fraction of sp³-hybridized carbons (Fsp3) is 0.611. The molecule has 0 amide bonds. The molecule has 2 heteroatoms. The smallest absolute Gasteiger partial charge is 0.159 e. The first-order chi connectivity index (χ1) is 9.40. The lowest BCUT2D eigenvalue weighted by Gasteiger charge is -2.26. The summed E-state index contributed by atoms with van der Waals surface area (Å²) >= 11 is 0. The maximum absolute atomic E-state index is 11.3. The molecule has 0 saturated carbocycles. The molecule has 0 aliphatic carbocycles. The van der Waals surface area contributed by atoms with Crippen LogP contribution >= 0.6 is 0 Å². The average molecular weight is 275 g/mol. The van der Waals surface area contributed by atoms with Gasteiger partial charge in [-0.25, -0.2) is 0 Å². The van der Waals surface area contributed by atoms with Crippen LogP contribution in [0.5, 0.6) is 0 Å². The van der Waals surface area contributed by atoms with E-state index in [1.54, 1.807) is 6.92 Å². The molecule has 0 N–H and O–H groups in total. The number of carbonyl (C=O) groups excluding carboxylic acids is 1. The Kier molecular flexibility index (Phi) is 6.77. The fourth-order valence-electron chi connectivity index (χ4n) is 2.11. The van der Waals surface area contributed by atoms with Gasteiger partial charge in [-0.1, -0.05) is 27.7 Å². The molecule has 112 valence electrons. The number of Topliss-reactive ketones (excluding diaryl/α,β-unsaturated/α-hetero) is 1. The van der Waals surface area contributed by atoms with Crippen LogP contribution in [0.25, 0.3) is 0 Å². The molecular weight excluding hydrogens is 246 g/mol. The van der Waals surface area contributed by atoms with Crippen LogP contribution in [0.1, 0.15) is 57.8 Å². The molecule has 0 bridgehead atoms. The average Bonchev–Trinajstić information content (AvgIpc) is 2.38. The van der Waals surface area contributed by atoms with Crippen LogP contribution in [0.2, 0.25) is 0 Å². The lowest BCUT2D eigenvalue weighted by Crippen LogP contribution is -2.27. The molecule has 1 aromatic carbocycles. The molecule has 0 spiro atoms. The molecule has 20 heavy (non-hydrogen) atoms. The fourth-order valence-corrected chi connectivity index (χ4v) is 2.11. The minimum absolute atomic E-state index is 0.132. The molecule has 0 saturated heterocycles. The van der Waals surface area contributed by atoms with Gasteiger partial charge < -0.3 is 4.90 Å². The highest BCUT2D eigenvalue weighted by Crippen LogP contribution is 2.18. The van der Waals surface area contributed by atoms with Gasteiger partial charge in [0.25, 0.3) is 0 Å². The predicted octanol–water partition coefficient (Wildman–Crippen LogP) is 4.79. The van der Waals surface area contributed by atoms with Crippen molar-refractivity contribution in [2.75, 3.05) is 18.0 Å². The van der Waals surface area contributed by atoms with Crippen LogP contribution in [0, 0.1) is 11.8 Å². The van der Waals surface area contributed by atoms with Crippen LogP contribution in [0.4, 0.5) is 5.69 Å². The van der Waals surface area contributed by atoms with Gasteiger partial charge in [-0.2, -0.15) is 0 Å². The summed E-state index contributed by atoms with van der Waals surface area (Å²) in [6.07, 6.45) is 2.40. The number of rotatable bonds is 8. The van der Waals surface area contributed by atoms with Crippen molar-refractivity contribution in [2.45, 2.75) is 47.5 Å². The number of hydrogen-bond acceptors (Lipinski definition) is 2. The Morgan fingerprint density at radius 2 is 1.40 bits per heavy atom. The summed E-state index contributed by atoms with van der Waals surface area (Å²) in [6.45, 7) is 12.8. The van der Waals surface area contributed by atoms with Crippen molar-refractivity contribution in [3.05, 3.63) is 29.8 Å². The highest BCUT2D eigenvalue weighted by molar-refractivity contribution is 5.94. The maximum atomic E-state index is 11.3. The number of hydrogen-bond donors (Lipinski definition) is 0. The first kappa shape index (κ1) is 16.7. The Labute approximate surface area is 124 Å². The number of nitrogens with zero attached hydrogens (tertiary/aromatic N) is 1. The molecule has 0 heterocycles. The summed E-state index contributed by atoms with van der Waals surface area (Å²) in [4.78, 5) is 13.8. The van der Waals surface area contributed by atoms with Crippen molar-refractivity contribution in [3.8, 4) is 0 Å². The monoisotopic (exact) mass is 275 g/mol. The van der Waals surface area contributed by atoms with Crippen LogP contribution < -0.4 is 4.90 Å². The Morgan fingerprint density at radius 1 is 0.950 bits per heavy atom. The van der Waals surface area contributed by atoms with E-state index in [0.29, 0.717) is 11.8 Å². The van der Waals surface area contributed by atoms with E-state index in [1.165, 1.54) is 18.5 Å². The second kappa shape index (κ2) is 8.08. The summed E-state index contributed by atoms with van der Waals surface area (Å²) in [5.74, 6) is 1.56. The van der Waals surface area contributed by atoms with E-state index < -0.39 is 0 Å². The summed E-state index contributed by atoms with van der Waals surface area (Å²) in [5.41, 5.74) is 2.03. The molecule has 0 aliphatic heterocycles. The highest BCUT2D eigenvalue weighted by atomic mass is 16.1. The molecule has 0 radical (unpaired) electrons. The Balaban J connectivity index is 2.76. The third kappa shape index (κ3) is 5.77. The molecular formula is C18H29NO. The van der Waals surface area contributed by atoms with Crippen LogP contribution in [-0.2, 0) is 0 Å². The quantitative estimate of drug-likeness (QED) is 0.636.